The van der Waals surface area contributed by atoms with Crippen molar-refractivity contribution in [2.24, 2.45) is 11.7 Å². The molecule has 5 heteroatoms. The maximum absolute atomic E-state index is 11.7. The number of hydrogen-bond donors (Lipinski definition) is 1. The normalized spacial score (nSPS) is 19.5. The fraction of sp³-hybridized carbons (Fsp3) is 0.684. The minimum Gasteiger partial charge on any atom is -0.364 e. The molecule has 134 valence electrons. The molecule has 1 aliphatic heterocycles. The molecule has 1 amide bonds. The molecule has 2 aliphatic rings. The summed E-state index contributed by atoms with van der Waals surface area (Å²) in [5.41, 5.74) is 6.94. The largest absolute Gasteiger partial charge is 0.364 e. The van der Waals surface area contributed by atoms with E-state index < -0.39 is 5.91 Å². The molecule has 1 aromatic rings. The summed E-state index contributed by atoms with van der Waals surface area (Å²) >= 11 is 0. The highest BCUT2D eigenvalue weighted by Crippen LogP contribution is 2.26. The van der Waals surface area contributed by atoms with Crippen LogP contribution in [0.1, 0.15) is 74.4 Å². The maximum atomic E-state index is 11.7. The van der Waals surface area contributed by atoms with Crippen molar-refractivity contribution in [3.05, 3.63) is 23.3 Å². The van der Waals surface area contributed by atoms with Gasteiger partial charge in [-0.25, -0.2) is 4.98 Å². The van der Waals surface area contributed by atoms with Crippen molar-refractivity contribution in [2.45, 2.75) is 65.5 Å². The first-order valence-corrected chi connectivity index (χ1v) is 9.41. The van der Waals surface area contributed by atoms with Crippen molar-refractivity contribution in [1.29, 1.82) is 0 Å². The summed E-state index contributed by atoms with van der Waals surface area (Å²) in [5.74, 6) is 1.13. The van der Waals surface area contributed by atoms with E-state index in [1.165, 1.54) is 32.1 Å². The van der Waals surface area contributed by atoms with Crippen molar-refractivity contribution in [1.82, 2.24) is 14.5 Å². The second-order valence-electron chi connectivity index (χ2n) is 6.63. The van der Waals surface area contributed by atoms with Crippen LogP contribution in [0.15, 0.2) is 6.08 Å². The van der Waals surface area contributed by atoms with Crippen molar-refractivity contribution < 1.29 is 4.79 Å². The zero-order valence-electron chi connectivity index (χ0n) is 15.4. The van der Waals surface area contributed by atoms with Crippen LogP contribution in [0, 0.1) is 5.92 Å². The number of amides is 1. The number of carbonyl (C=O) groups excluding carboxylic acids is 1. The van der Waals surface area contributed by atoms with Gasteiger partial charge in [0.15, 0.2) is 5.69 Å². The van der Waals surface area contributed by atoms with Gasteiger partial charge in [-0.05, 0) is 44.8 Å². The number of primary amides is 1. The molecule has 0 atom stereocenters. The summed E-state index contributed by atoms with van der Waals surface area (Å²) in [5, 5.41) is 0. The zero-order chi connectivity index (χ0) is 17.5. The fourth-order valence-corrected chi connectivity index (χ4v) is 3.62. The number of aromatic nitrogens is 2. The van der Waals surface area contributed by atoms with Crippen LogP contribution in [-0.2, 0) is 13.1 Å². The number of hydrogen-bond acceptors (Lipinski definition) is 3. The number of nitrogens with zero attached hydrogens (tertiary/aromatic N) is 3. The Labute approximate surface area is 145 Å². The Hall–Kier alpha value is -1.62. The van der Waals surface area contributed by atoms with Crippen molar-refractivity contribution in [3.63, 3.8) is 0 Å². The van der Waals surface area contributed by atoms with Crippen molar-refractivity contribution in [3.8, 4) is 0 Å². The Morgan fingerprint density at radius 3 is 2.54 bits per heavy atom. The third-order valence-corrected chi connectivity index (χ3v) is 4.84. The SMILES string of the molecule is CC.CN1CCCn2c(/C=C/C3CCCCC3)nc(C(N)=O)c2C1. The molecule has 5 nitrogen and oxygen atoms in total. The first kappa shape index (κ1) is 18.7. The van der Waals surface area contributed by atoms with Crippen LogP contribution in [0.25, 0.3) is 6.08 Å². The molecule has 0 unspecified atom stereocenters. The molecule has 1 aromatic heterocycles. The van der Waals surface area contributed by atoms with Gasteiger partial charge in [0.1, 0.15) is 5.82 Å². The number of carbonyl (C=O) groups is 1. The number of imidazole rings is 1. The molecular weight excluding hydrogens is 300 g/mol. The highest BCUT2D eigenvalue weighted by molar-refractivity contribution is 5.92. The van der Waals surface area contributed by atoms with Gasteiger partial charge in [-0.2, -0.15) is 0 Å². The summed E-state index contributed by atoms with van der Waals surface area (Å²) in [4.78, 5) is 18.5. The van der Waals surface area contributed by atoms with Gasteiger partial charge in [-0.15, -0.1) is 0 Å². The highest BCUT2D eigenvalue weighted by atomic mass is 16.1. The van der Waals surface area contributed by atoms with Crippen LogP contribution in [-0.4, -0.2) is 34.0 Å². The molecule has 0 spiro atoms. The van der Waals surface area contributed by atoms with Crippen LogP contribution in [0.4, 0.5) is 0 Å². The van der Waals surface area contributed by atoms with E-state index in [4.69, 9.17) is 5.73 Å². The van der Waals surface area contributed by atoms with Crippen LogP contribution < -0.4 is 5.73 Å². The first-order chi connectivity index (χ1) is 11.6. The Morgan fingerprint density at radius 1 is 1.17 bits per heavy atom. The fourth-order valence-electron chi connectivity index (χ4n) is 3.62. The van der Waals surface area contributed by atoms with Gasteiger partial charge >= 0.3 is 0 Å². The van der Waals surface area contributed by atoms with E-state index in [-0.39, 0.29) is 0 Å². The van der Waals surface area contributed by atoms with E-state index in [0.717, 1.165) is 37.6 Å². The van der Waals surface area contributed by atoms with Crippen LogP contribution in [0.5, 0.6) is 0 Å². The lowest BCUT2D eigenvalue weighted by Gasteiger charge is -2.17. The summed E-state index contributed by atoms with van der Waals surface area (Å²) in [7, 11) is 2.07. The second kappa shape index (κ2) is 9.02. The third-order valence-electron chi connectivity index (χ3n) is 4.84. The minimum atomic E-state index is -0.420. The van der Waals surface area contributed by atoms with Crippen molar-refractivity contribution >= 4 is 12.0 Å². The van der Waals surface area contributed by atoms with Crippen molar-refractivity contribution in [2.75, 3.05) is 13.6 Å². The third kappa shape index (κ3) is 4.47. The molecular formula is C19H32N4O. The van der Waals surface area contributed by atoms with E-state index >= 15 is 0 Å². The van der Waals surface area contributed by atoms with Gasteiger partial charge < -0.3 is 15.2 Å². The minimum absolute atomic E-state index is 0.420. The molecule has 0 bridgehead atoms. The molecule has 24 heavy (non-hydrogen) atoms. The Bertz CT molecular complexity index is 570. The summed E-state index contributed by atoms with van der Waals surface area (Å²) in [6.07, 6.45) is 12.0. The van der Waals surface area contributed by atoms with Crippen LogP contribution in [0.2, 0.25) is 0 Å². The smallest absolute Gasteiger partial charge is 0.269 e. The molecule has 2 heterocycles. The number of fused-ring (bicyclic) bond motifs is 1. The maximum Gasteiger partial charge on any atom is 0.269 e. The topological polar surface area (TPSA) is 64.2 Å². The van der Waals surface area contributed by atoms with E-state index in [0.29, 0.717) is 11.6 Å². The second-order valence-corrected chi connectivity index (χ2v) is 6.63. The molecule has 2 N–H and O–H groups in total. The van der Waals surface area contributed by atoms with Gasteiger partial charge in [0.05, 0.1) is 5.69 Å². The van der Waals surface area contributed by atoms with Crippen LogP contribution >= 0.6 is 0 Å². The predicted octanol–water partition coefficient (Wildman–Crippen LogP) is 3.44. The Balaban J connectivity index is 0.00000100. The molecule has 0 saturated heterocycles. The highest BCUT2D eigenvalue weighted by Gasteiger charge is 2.23. The monoisotopic (exact) mass is 332 g/mol. The van der Waals surface area contributed by atoms with Crippen LogP contribution in [0.3, 0.4) is 0 Å². The van der Waals surface area contributed by atoms with E-state index in [1.807, 2.05) is 13.8 Å². The molecule has 0 aromatic carbocycles. The van der Waals surface area contributed by atoms with Gasteiger partial charge in [-0.1, -0.05) is 39.2 Å². The molecule has 1 aliphatic carbocycles. The number of allylic oxidation sites excluding steroid dienone is 1. The van der Waals surface area contributed by atoms with Gasteiger partial charge in [0.25, 0.3) is 5.91 Å². The molecule has 1 fully saturated rings. The average Bonchev–Trinajstić information content (AvgIpc) is 2.81. The summed E-state index contributed by atoms with van der Waals surface area (Å²) in [6, 6.07) is 0. The van der Waals surface area contributed by atoms with E-state index in [1.54, 1.807) is 0 Å². The number of nitrogens with two attached hydrogens (primary N) is 1. The average molecular weight is 332 g/mol. The predicted molar refractivity (Wildman–Crippen MR) is 98.7 cm³/mol. The van der Waals surface area contributed by atoms with Gasteiger partial charge in [0, 0.05) is 13.1 Å². The summed E-state index contributed by atoms with van der Waals surface area (Å²) < 4.78 is 2.18. The molecule has 3 rings (SSSR count). The molecule has 0 radical (unpaired) electrons. The van der Waals surface area contributed by atoms with E-state index in [9.17, 15) is 4.79 Å². The zero-order valence-corrected chi connectivity index (χ0v) is 15.4. The standard InChI is InChI=1S/C17H26N4O.C2H6/c1-20-10-5-11-21-14(12-20)16(17(18)22)19-15(21)9-8-13-6-3-2-4-7-13;1-2/h8-9,13H,2-7,10-12H2,1H3,(H2,18,22);1-2H3/b9-8+;. The lowest BCUT2D eigenvalue weighted by atomic mass is 9.89. The lowest BCUT2D eigenvalue weighted by molar-refractivity contribution is 0.0994. The van der Waals surface area contributed by atoms with Gasteiger partial charge in [0.2, 0.25) is 0 Å². The Morgan fingerprint density at radius 2 is 1.88 bits per heavy atom. The number of rotatable bonds is 3. The van der Waals surface area contributed by atoms with Gasteiger partial charge in [-0.3, -0.25) is 4.79 Å². The van der Waals surface area contributed by atoms with E-state index in [2.05, 4.69) is 33.7 Å². The lowest BCUT2D eigenvalue weighted by Crippen LogP contribution is -2.21. The first-order valence-electron chi connectivity index (χ1n) is 9.41. The Kier molecular flexibility index (Phi) is 7.03. The quantitative estimate of drug-likeness (QED) is 0.922. The molecule has 1 saturated carbocycles. The summed E-state index contributed by atoms with van der Waals surface area (Å²) in [6.45, 7) is 6.68.